The SMILES string of the molecule is CNCc1ccc(S(=O)(=O)NCc2ccoc2)c(OC)c1. The normalized spacial score (nSPS) is 11.5. The molecule has 0 fully saturated rings. The van der Waals surface area contributed by atoms with Crippen molar-refractivity contribution in [2.24, 2.45) is 0 Å². The number of sulfonamides is 1. The third kappa shape index (κ3) is 3.84. The fraction of sp³-hybridized carbons (Fsp3) is 0.286. The Kier molecular flexibility index (Phi) is 5.00. The number of hydrogen-bond acceptors (Lipinski definition) is 5. The maximum absolute atomic E-state index is 12.3. The average Bonchev–Trinajstić information content (AvgIpc) is 2.98. The van der Waals surface area contributed by atoms with E-state index in [1.165, 1.54) is 19.6 Å². The van der Waals surface area contributed by atoms with Crippen molar-refractivity contribution in [3.8, 4) is 5.75 Å². The van der Waals surface area contributed by atoms with Crippen molar-refractivity contribution in [1.82, 2.24) is 10.0 Å². The lowest BCUT2D eigenvalue weighted by atomic mass is 10.2. The lowest BCUT2D eigenvalue weighted by Crippen LogP contribution is -2.23. The minimum absolute atomic E-state index is 0.119. The van der Waals surface area contributed by atoms with E-state index in [0.717, 1.165) is 11.1 Å². The topological polar surface area (TPSA) is 80.6 Å². The van der Waals surface area contributed by atoms with E-state index in [0.29, 0.717) is 12.3 Å². The molecule has 0 spiro atoms. The Bertz CT molecular complexity index is 681. The Hall–Kier alpha value is -1.83. The van der Waals surface area contributed by atoms with Crippen LogP contribution < -0.4 is 14.8 Å². The van der Waals surface area contributed by atoms with Gasteiger partial charge >= 0.3 is 0 Å². The summed E-state index contributed by atoms with van der Waals surface area (Å²) >= 11 is 0. The van der Waals surface area contributed by atoms with Gasteiger partial charge in [-0.1, -0.05) is 6.07 Å². The molecule has 6 nitrogen and oxygen atoms in total. The van der Waals surface area contributed by atoms with Crippen LogP contribution in [0.5, 0.6) is 5.75 Å². The van der Waals surface area contributed by atoms with Crippen LogP contribution in [0.3, 0.4) is 0 Å². The van der Waals surface area contributed by atoms with Crippen molar-refractivity contribution in [2.75, 3.05) is 14.2 Å². The fourth-order valence-corrected chi connectivity index (χ4v) is 3.06. The van der Waals surface area contributed by atoms with Gasteiger partial charge in [-0.15, -0.1) is 0 Å². The molecule has 2 aromatic rings. The van der Waals surface area contributed by atoms with Crippen molar-refractivity contribution in [3.63, 3.8) is 0 Å². The summed E-state index contributed by atoms with van der Waals surface area (Å²) in [5.41, 5.74) is 1.70. The summed E-state index contributed by atoms with van der Waals surface area (Å²) in [5.74, 6) is 0.322. The fourth-order valence-electron chi connectivity index (χ4n) is 1.90. The molecule has 0 aliphatic carbocycles. The zero-order valence-corrected chi connectivity index (χ0v) is 12.7. The summed E-state index contributed by atoms with van der Waals surface area (Å²) in [4.78, 5) is 0.119. The van der Waals surface area contributed by atoms with E-state index in [2.05, 4.69) is 10.0 Å². The minimum Gasteiger partial charge on any atom is -0.495 e. The van der Waals surface area contributed by atoms with Crippen LogP contribution in [-0.2, 0) is 23.1 Å². The van der Waals surface area contributed by atoms with Crippen LogP contribution in [0.4, 0.5) is 0 Å². The summed E-state index contributed by atoms with van der Waals surface area (Å²) in [6.45, 7) is 0.805. The number of hydrogen-bond donors (Lipinski definition) is 2. The smallest absolute Gasteiger partial charge is 0.244 e. The van der Waals surface area contributed by atoms with Gasteiger partial charge in [0, 0.05) is 18.7 Å². The molecule has 0 aliphatic heterocycles. The van der Waals surface area contributed by atoms with Crippen molar-refractivity contribution in [1.29, 1.82) is 0 Å². The molecule has 0 bridgehead atoms. The van der Waals surface area contributed by atoms with Gasteiger partial charge in [-0.2, -0.15) is 0 Å². The number of nitrogens with one attached hydrogen (secondary N) is 2. The van der Waals surface area contributed by atoms with E-state index in [1.807, 2.05) is 7.05 Å². The van der Waals surface area contributed by atoms with Gasteiger partial charge in [0.25, 0.3) is 0 Å². The van der Waals surface area contributed by atoms with E-state index < -0.39 is 10.0 Å². The van der Waals surface area contributed by atoms with E-state index in [-0.39, 0.29) is 11.4 Å². The van der Waals surface area contributed by atoms with Crippen LogP contribution >= 0.6 is 0 Å². The van der Waals surface area contributed by atoms with Gasteiger partial charge in [0.1, 0.15) is 10.6 Å². The van der Waals surface area contributed by atoms with Crippen LogP contribution in [0.1, 0.15) is 11.1 Å². The number of furan rings is 1. The zero-order valence-electron chi connectivity index (χ0n) is 11.9. The first-order valence-electron chi connectivity index (χ1n) is 6.39. The molecular formula is C14H18N2O4S. The van der Waals surface area contributed by atoms with Gasteiger partial charge in [-0.05, 0) is 30.8 Å². The molecule has 0 atom stereocenters. The van der Waals surface area contributed by atoms with Crippen LogP contribution in [0, 0.1) is 0 Å². The van der Waals surface area contributed by atoms with Gasteiger partial charge in [0.05, 0.1) is 19.6 Å². The third-order valence-corrected chi connectivity index (χ3v) is 4.39. The summed E-state index contributed by atoms with van der Waals surface area (Å²) < 4.78 is 37.3. The van der Waals surface area contributed by atoms with Crippen molar-refractivity contribution < 1.29 is 17.6 Å². The van der Waals surface area contributed by atoms with E-state index in [9.17, 15) is 8.42 Å². The monoisotopic (exact) mass is 310 g/mol. The van der Waals surface area contributed by atoms with Gasteiger partial charge in [0.2, 0.25) is 10.0 Å². The molecule has 0 unspecified atom stereocenters. The zero-order chi connectivity index (χ0) is 15.3. The molecule has 1 heterocycles. The first-order chi connectivity index (χ1) is 10.1. The molecule has 0 amide bonds. The lowest BCUT2D eigenvalue weighted by Gasteiger charge is -2.12. The number of ether oxygens (including phenoxy) is 1. The maximum atomic E-state index is 12.3. The molecule has 2 rings (SSSR count). The van der Waals surface area contributed by atoms with Crippen LogP contribution in [0.2, 0.25) is 0 Å². The van der Waals surface area contributed by atoms with E-state index in [1.54, 1.807) is 24.3 Å². The highest BCUT2D eigenvalue weighted by molar-refractivity contribution is 7.89. The van der Waals surface area contributed by atoms with Crippen molar-refractivity contribution >= 4 is 10.0 Å². The molecule has 114 valence electrons. The minimum atomic E-state index is -3.65. The molecule has 7 heteroatoms. The molecule has 0 aliphatic rings. The van der Waals surface area contributed by atoms with Crippen molar-refractivity contribution in [2.45, 2.75) is 18.0 Å². The molecule has 0 saturated heterocycles. The molecule has 21 heavy (non-hydrogen) atoms. The largest absolute Gasteiger partial charge is 0.495 e. The summed E-state index contributed by atoms with van der Waals surface area (Å²) in [5, 5.41) is 3.01. The van der Waals surface area contributed by atoms with Crippen LogP contribution in [-0.4, -0.2) is 22.6 Å². The Balaban J connectivity index is 2.22. The maximum Gasteiger partial charge on any atom is 0.244 e. The highest BCUT2D eigenvalue weighted by Gasteiger charge is 2.19. The van der Waals surface area contributed by atoms with Gasteiger partial charge < -0.3 is 14.5 Å². The summed E-state index contributed by atoms with van der Waals surface area (Å²) in [6.07, 6.45) is 2.99. The summed E-state index contributed by atoms with van der Waals surface area (Å²) in [7, 11) is -0.373. The van der Waals surface area contributed by atoms with Gasteiger partial charge in [-0.25, -0.2) is 13.1 Å². The predicted molar refractivity (Wildman–Crippen MR) is 78.5 cm³/mol. The second-order valence-corrected chi connectivity index (χ2v) is 6.21. The standard InChI is InChI=1S/C14H18N2O4S/c1-15-8-11-3-4-14(13(7-11)19-2)21(17,18)16-9-12-5-6-20-10-12/h3-7,10,15-16H,8-9H2,1-2H3. The number of benzene rings is 1. The molecule has 0 saturated carbocycles. The highest BCUT2D eigenvalue weighted by atomic mass is 32.2. The average molecular weight is 310 g/mol. The van der Waals surface area contributed by atoms with E-state index in [4.69, 9.17) is 9.15 Å². The molecular weight excluding hydrogens is 292 g/mol. The first kappa shape index (κ1) is 15.6. The Morgan fingerprint density at radius 3 is 2.62 bits per heavy atom. The number of rotatable bonds is 7. The van der Waals surface area contributed by atoms with Gasteiger partial charge in [-0.3, -0.25) is 0 Å². The van der Waals surface area contributed by atoms with Crippen molar-refractivity contribution in [3.05, 3.63) is 47.9 Å². The Morgan fingerprint density at radius 2 is 2.00 bits per heavy atom. The molecule has 1 aromatic carbocycles. The van der Waals surface area contributed by atoms with Crippen LogP contribution in [0.15, 0.2) is 46.1 Å². The lowest BCUT2D eigenvalue weighted by molar-refractivity contribution is 0.401. The Morgan fingerprint density at radius 1 is 1.19 bits per heavy atom. The second kappa shape index (κ2) is 6.75. The predicted octanol–water partition coefficient (Wildman–Crippen LogP) is 1.49. The number of methoxy groups -OCH3 is 1. The third-order valence-electron chi connectivity index (χ3n) is 2.94. The Labute approximate surface area is 124 Å². The van der Waals surface area contributed by atoms with Gasteiger partial charge in [0.15, 0.2) is 0 Å². The molecule has 2 N–H and O–H groups in total. The molecule has 0 radical (unpaired) electrons. The summed E-state index contributed by atoms with van der Waals surface area (Å²) in [6, 6.07) is 6.72. The highest BCUT2D eigenvalue weighted by Crippen LogP contribution is 2.25. The van der Waals surface area contributed by atoms with E-state index >= 15 is 0 Å². The second-order valence-electron chi connectivity index (χ2n) is 4.47. The molecule has 1 aromatic heterocycles. The quantitative estimate of drug-likeness (QED) is 0.810. The first-order valence-corrected chi connectivity index (χ1v) is 7.87. The van der Waals surface area contributed by atoms with Crippen LogP contribution in [0.25, 0.3) is 0 Å².